The Morgan fingerprint density at radius 1 is 0.939 bits per heavy atom. The smallest absolute Gasteiger partial charge is 0.229 e. The third-order valence-corrected chi connectivity index (χ3v) is 9.71. The molecule has 0 radical (unpaired) electrons. The van der Waals surface area contributed by atoms with Gasteiger partial charge in [-0.2, -0.15) is 14.8 Å². The molecule has 2 fully saturated rings. The molecular formula is C33H42ClN11O4. The van der Waals surface area contributed by atoms with Gasteiger partial charge in [0.1, 0.15) is 29.7 Å². The van der Waals surface area contributed by atoms with Crippen LogP contribution in [0.1, 0.15) is 54.7 Å². The lowest BCUT2D eigenvalue weighted by molar-refractivity contribution is 0.00473. The van der Waals surface area contributed by atoms with Crippen LogP contribution in [0, 0.1) is 0 Å². The number of aromatic nitrogens is 8. The van der Waals surface area contributed by atoms with E-state index in [0.717, 1.165) is 30.6 Å². The standard InChI is InChI=1S/C33H41N11O4.ClH/c1-4-27-38-40-44(39-27)26-15-25(29(47)30(26)48)43-18-35-28-31(36-33(37-32(28)43)42-14-13-21(17-42)41(2)3)34-16-24(19-5-9-22(45)10-6-19)20-7-11-23(46)12-8-20;/h5-12,18,21,24-26,29-30,45-48H,4,13-17H2,1-3H3,(H,34,36,37);1H/t21-,25-,26+,29+,30-;/m1./s1. The molecule has 1 saturated carbocycles. The van der Waals surface area contributed by atoms with E-state index < -0.39 is 24.3 Å². The number of aryl methyl sites for hydroxylation is 1. The maximum Gasteiger partial charge on any atom is 0.229 e. The minimum absolute atomic E-state index is 0. The van der Waals surface area contributed by atoms with Crippen molar-refractivity contribution in [1.82, 2.24) is 44.6 Å². The quantitative estimate of drug-likeness (QED) is 0.144. The number of phenolic OH excluding ortho intramolecular Hbond substituents is 2. The van der Waals surface area contributed by atoms with Gasteiger partial charge in [-0.05, 0) is 67.5 Å². The molecule has 0 unspecified atom stereocenters. The molecule has 5 N–H and O–H groups in total. The number of nitrogens with one attached hydrogen (secondary N) is 1. The van der Waals surface area contributed by atoms with Gasteiger partial charge in [-0.3, -0.25) is 0 Å². The Bertz CT molecular complexity index is 1820. The zero-order valence-electron chi connectivity index (χ0n) is 27.6. The molecule has 49 heavy (non-hydrogen) atoms. The second-order valence-corrected chi connectivity index (χ2v) is 12.9. The number of anilines is 2. The summed E-state index contributed by atoms with van der Waals surface area (Å²) in [4.78, 5) is 20.5. The van der Waals surface area contributed by atoms with Crippen LogP contribution in [-0.4, -0.2) is 117 Å². The van der Waals surface area contributed by atoms with E-state index >= 15 is 0 Å². The molecule has 2 aliphatic rings. The first-order chi connectivity index (χ1) is 23.2. The maximum atomic E-state index is 11.3. The van der Waals surface area contributed by atoms with Gasteiger partial charge in [-0.1, -0.05) is 31.2 Å². The number of likely N-dealkylation sites (N-methyl/N-ethyl adjacent to an activating group) is 1. The number of aliphatic hydroxyl groups excluding tert-OH is 2. The van der Waals surface area contributed by atoms with Crippen molar-refractivity contribution in [2.24, 2.45) is 0 Å². The second-order valence-electron chi connectivity index (χ2n) is 12.9. The fourth-order valence-electron chi connectivity index (χ4n) is 6.83. The van der Waals surface area contributed by atoms with Gasteiger partial charge in [0, 0.05) is 38.0 Å². The topological polar surface area (TPSA) is 187 Å². The fraction of sp³-hybridized carbons (Fsp3) is 0.455. The summed E-state index contributed by atoms with van der Waals surface area (Å²) in [5.74, 6) is 1.87. The van der Waals surface area contributed by atoms with Gasteiger partial charge < -0.3 is 40.1 Å². The van der Waals surface area contributed by atoms with E-state index in [9.17, 15) is 20.4 Å². The number of hydrogen-bond acceptors (Lipinski definition) is 13. The van der Waals surface area contributed by atoms with Crippen molar-refractivity contribution >= 4 is 35.3 Å². The Balaban J connectivity index is 0.00000417. The van der Waals surface area contributed by atoms with Gasteiger partial charge in [0.25, 0.3) is 0 Å². The lowest BCUT2D eigenvalue weighted by Gasteiger charge is -2.23. The Kier molecular flexibility index (Phi) is 9.88. The summed E-state index contributed by atoms with van der Waals surface area (Å²) in [5, 5.41) is 58.4. The highest BCUT2D eigenvalue weighted by Gasteiger charge is 2.45. The van der Waals surface area contributed by atoms with Gasteiger partial charge in [-0.25, -0.2) is 4.98 Å². The van der Waals surface area contributed by atoms with E-state index in [-0.39, 0.29) is 29.8 Å². The summed E-state index contributed by atoms with van der Waals surface area (Å²) in [6.07, 6.45) is 1.36. The third-order valence-electron chi connectivity index (χ3n) is 9.71. The first-order valence-electron chi connectivity index (χ1n) is 16.3. The molecule has 5 aromatic rings. The van der Waals surface area contributed by atoms with Crippen LogP contribution in [0.25, 0.3) is 11.2 Å². The van der Waals surface area contributed by atoms with Crippen molar-refractivity contribution in [2.45, 2.75) is 62.4 Å². The molecule has 1 saturated heterocycles. The predicted molar refractivity (Wildman–Crippen MR) is 185 cm³/mol. The number of benzene rings is 2. The van der Waals surface area contributed by atoms with E-state index in [0.29, 0.717) is 54.2 Å². The Morgan fingerprint density at radius 3 is 2.18 bits per heavy atom. The van der Waals surface area contributed by atoms with Crippen LogP contribution in [0.3, 0.4) is 0 Å². The van der Waals surface area contributed by atoms with Crippen LogP contribution < -0.4 is 10.2 Å². The van der Waals surface area contributed by atoms with Crippen LogP contribution >= 0.6 is 12.4 Å². The summed E-state index contributed by atoms with van der Waals surface area (Å²) in [5.41, 5.74) is 3.02. The van der Waals surface area contributed by atoms with Crippen LogP contribution in [0.4, 0.5) is 11.8 Å². The molecule has 0 bridgehead atoms. The molecule has 7 rings (SSSR count). The maximum absolute atomic E-state index is 11.3. The van der Waals surface area contributed by atoms with Crippen molar-refractivity contribution in [3.05, 3.63) is 71.8 Å². The first-order valence-corrected chi connectivity index (χ1v) is 16.3. The molecule has 5 atom stereocenters. The van der Waals surface area contributed by atoms with Gasteiger partial charge in [-0.15, -0.1) is 22.6 Å². The number of aliphatic hydroxyl groups is 2. The molecular weight excluding hydrogens is 650 g/mol. The number of imidazole rings is 1. The van der Waals surface area contributed by atoms with E-state index in [1.807, 2.05) is 35.8 Å². The molecule has 16 heteroatoms. The third kappa shape index (κ3) is 6.71. The van der Waals surface area contributed by atoms with Crippen molar-refractivity contribution in [1.29, 1.82) is 0 Å². The molecule has 1 aliphatic carbocycles. The predicted octanol–water partition coefficient (Wildman–Crippen LogP) is 2.50. The van der Waals surface area contributed by atoms with E-state index in [2.05, 4.69) is 44.6 Å². The zero-order valence-corrected chi connectivity index (χ0v) is 28.4. The van der Waals surface area contributed by atoms with Crippen LogP contribution in [0.2, 0.25) is 0 Å². The average Bonchev–Trinajstić information content (AvgIpc) is 3.90. The minimum Gasteiger partial charge on any atom is -0.508 e. The zero-order chi connectivity index (χ0) is 33.5. The molecule has 15 nitrogen and oxygen atoms in total. The normalized spacial score (nSPS) is 22.3. The fourth-order valence-corrected chi connectivity index (χ4v) is 6.83. The summed E-state index contributed by atoms with van der Waals surface area (Å²) in [6, 6.07) is 13.4. The Morgan fingerprint density at radius 2 is 1.59 bits per heavy atom. The van der Waals surface area contributed by atoms with Crippen molar-refractivity contribution < 1.29 is 20.4 Å². The molecule has 260 valence electrons. The van der Waals surface area contributed by atoms with Crippen molar-refractivity contribution in [2.75, 3.05) is 43.9 Å². The number of tetrazole rings is 1. The molecule has 3 aromatic heterocycles. The molecule has 0 spiro atoms. The summed E-state index contributed by atoms with van der Waals surface area (Å²) in [7, 11) is 4.15. The summed E-state index contributed by atoms with van der Waals surface area (Å²) in [6.45, 7) is 3.92. The molecule has 4 heterocycles. The Labute approximate surface area is 289 Å². The van der Waals surface area contributed by atoms with Gasteiger partial charge in [0.2, 0.25) is 5.95 Å². The van der Waals surface area contributed by atoms with E-state index in [1.54, 1.807) is 30.6 Å². The summed E-state index contributed by atoms with van der Waals surface area (Å²) < 4.78 is 1.83. The van der Waals surface area contributed by atoms with E-state index in [1.165, 1.54) is 4.80 Å². The lowest BCUT2D eigenvalue weighted by Crippen LogP contribution is -2.32. The number of nitrogens with zero attached hydrogens (tertiary/aromatic N) is 10. The molecule has 1 aliphatic heterocycles. The molecule has 0 amide bonds. The number of aromatic hydroxyl groups is 2. The number of fused-ring (bicyclic) bond motifs is 1. The SMILES string of the molecule is CCc1nnn([C@H]2C[C@@H](n3cnc4c(NCC(c5ccc(O)cc5)c5ccc(O)cc5)nc(N5CC[C@@H](N(C)C)C5)nc43)[C@H](O)[C@@H]2O)n1.Cl. The highest BCUT2D eigenvalue weighted by atomic mass is 35.5. The number of halogens is 1. The lowest BCUT2D eigenvalue weighted by atomic mass is 9.91. The highest BCUT2D eigenvalue weighted by Crippen LogP contribution is 2.40. The largest absolute Gasteiger partial charge is 0.508 e. The van der Waals surface area contributed by atoms with Gasteiger partial charge in [0.15, 0.2) is 22.8 Å². The van der Waals surface area contributed by atoms with E-state index in [4.69, 9.17) is 15.0 Å². The average molecular weight is 692 g/mol. The van der Waals surface area contributed by atoms with Gasteiger partial charge in [0.05, 0.1) is 12.4 Å². The van der Waals surface area contributed by atoms with Gasteiger partial charge >= 0.3 is 0 Å². The monoisotopic (exact) mass is 691 g/mol. The van der Waals surface area contributed by atoms with Crippen LogP contribution in [0.5, 0.6) is 11.5 Å². The Hall–Kier alpha value is -4.57. The highest BCUT2D eigenvalue weighted by molar-refractivity contribution is 5.85. The molecule has 2 aromatic carbocycles. The van der Waals surface area contributed by atoms with Crippen molar-refractivity contribution in [3.8, 4) is 11.5 Å². The first kappa shape index (κ1) is 34.3. The summed E-state index contributed by atoms with van der Waals surface area (Å²) >= 11 is 0. The van der Waals surface area contributed by atoms with Crippen LogP contribution in [-0.2, 0) is 6.42 Å². The number of phenols is 2. The van der Waals surface area contributed by atoms with Crippen LogP contribution in [0.15, 0.2) is 54.9 Å². The van der Waals surface area contributed by atoms with Crippen molar-refractivity contribution in [3.63, 3.8) is 0 Å². The number of hydrogen-bond donors (Lipinski definition) is 5. The number of rotatable bonds is 10. The second kappa shape index (κ2) is 14.1. The minimum atomic E-state index is -1.11.